The third-order valence-electron chi connectivity index (χ3n) is 2.72. The van der Waals surface area contributed by atoms with Gasteiger partial charge in [-0.3, -0.25) is 4.79 Å². The highest BCUT2D eigenvalue weighted by Gasteiger charge is 2.15. The number of carbonyl (C=O) groups is 1. The third kappa shape index (κ3) is 4.43. The molecule has 0 aliphatic rings. The summed E-state index contributed by atoms with van der Waals surface area (Å²) < 4.78 is 5.16. The van der Waals surface area contributed by atoms with Gasteiger partial charge < -0.3 is 9.52 Å². The van der Waals surface area contributed by atoms with Gasteiger partial charge in [-0.1, -0.05) is 30.3 Å². The van der Waals surface area contributed by atoms with E-state index in [0.717, 1.165) is 5.57 Å². The van der Waals surface area contributed by atoms with Gasteiger partial charge >= 0.3 is 0 Å². The average molecular weight is 284 g/mol. The zero-order valence-electron chi connectivity index (χ0n) is 11.6. The zero-order chi connectivity index (χ0) is 15.1. The Kier molecular flexibility index (Phi) is 5.06. The molecule has 0 saturated carbocycles. The first kappa shape index (κ1) is 14.7. The number of aliphatic hydroxyl groups is 1. The van der Waals surface area contributed by atoms with Crippen molar-refractivity contribution in [3.8, 4) is 0 Å². The molecule has 0 unspecified atom stereocenters. The standard InChI is InChI=1S/C16H16N2O3/c1-12(10-14-8-5-9-21-14)11-17-18-16(20)15(19)13-6-3-2-4-7-13/h2-11,15,19H,1H3,(H,18,20)/b12-10+,17-11-/t15-/m0/s1. The molecule has 1 amide bonds. The van der Waals surface area contributed by atoms with Crippen molar-refractivity contribution in [3.63, 3.8) is 0 Å². The number of hydrogen-bond donors (Lipinski definition) is 2. The SMILES string of the molecule is CC(/C=N\NC(=O)[C@@H](O)c1ccccc1)=C\c1ccco1. The van der Waals surface area contributed by atoms with Crippen LogP contribution in [0, 0.1) is 0 Å². The normalized spacial score (nSPS) is 13.3. The van der Waals surface area contributed by atoms with Gasteiger partial charge in [-0.05, 0) is 36.3 Å². The molecule has 0 bridgehead atoms. The van der Waals surface area contributed by atoms with E-state index in [0.29, 0.717) is 11.3 Å². The second-order valence-corrected chi connectivity index (χ2v) is 4.45. The van der Waals surface area contributed by atoms with Gasteiger partial charge in [0.15, 0.2) is 6.10 Å². The van der Waals surface area contributed by atoms with Gasteiger partial charge in [-0.2, -0.15) is 5.10 Å². The summed E-state index contributed by atoms with van der Waals surface area (Å²) in [6.45, 7) is 1.83. The topological polar surface area (TPSA) is 74.8 Å². The number of benzene rings is 1. The summed E-state index contributed by atoms with van der Waals surface area (Å²) >= 11 is 0. The second kappa shape index (κ2) is 7.21. The lowest BCUT2D eigenvalue weighted by Gasteiger charge is -2.08. The third-order valence-corrected chi connectivity index (χ3v) is 2.72. The predicted molar refractivity (Wildman–Crippen MR) is 80.4 cm³/mol. The Labute approximate surface area is 122 Å². The Bertz CT molecular complexity index is 631. The van der Waals surface area contributed by atoms with Crippen molar-refractivity contribution in [2.45, 2.75) is 13.0 Å². The molecule has 0 fully saturated rings. The molecule has 0 aliphatic heterocycles. The maximum atomic E-state index is 11.7. The zero-order valence-corrected chi connectivity index (χ0v) is 11.6. The summed E-state index contributed by atoms with van der Waals surface area (Å²) in [4.78, 5) is 11.7. The highest BCUT2D eigenvalue weighted by molar-refractivity contribution is 5.87. The lowest BCUT2D eigenvalue weighted by Crippen LogP contribution is -2.25. The predicted octanol–water partition coefficient (Wildman–Crippen LogP) is 2.52. The molecule has 5 heteroatoms. The van der Waals surface area contributed by atoms with E-state index in [9.17, 15) is 9.90 Å². The minimum Gasteiger partial charge on any atom is -0.465 e. The van der Waals surface area contributed by atoms with Crippen LogP contribution in [0.3, 0.4) is 0 Å². The number of hydrogen-bond acceptors (Lipinski definition) is 4. The van der Waals surface area contributed by atoms with Crippen LogP contribution in [0.1, 0.15) is 24.4 Å². The van der Waals surface area contributed by atoms with Crippen LogP contribution in [0.5, 0.6) is 0 Å². The summed E-state index contributed by atoms with van der Waals surface area (Å²) in [6.07, 6.45) is 3.60. The van der Waals surface area contributed by atoms with Crippen LogP contribution in [0.25, 0.3) is 6.08 Å². The van der Waals surface area contributed by atoms with Crippen LogP contribution in [0.4, 0.5) is 0 Å². The Hall–Kier alpha value is -2.66. The fourth-order valence-corrected chi connectivity index (χ4v) is 1.68. The van der Waals surface area contributed by atoms with Crippen molar-refractivity contribution < 1.29 is 14.3 Å². The smallest absolute Gasteiger partial charge is 0.273 e. The molecular formula is C16H16N2O3. The first-order valence-corrected chi connectivity index (χ1v) is 6.44. The van der Waals surface area contributed by atoms with E-state index in [-0.39, 0.29) is 0 Å². The van der Waals surface area contributed by atoms with Gasteiger partial charge in [-0.15, -0.1) is 0 Å². The molecule has 0 spiro atoms. The molecule has 1 aromatic heterocycles. The highest BCUT2D eigenvalue weighted by atomic mass is 16.3. The molecule has 21 heavy (non-hydrogen) atoms. The number of furan rings is 1. The number of hydrazone groups is 1. The fourth-order valence-electron chi connectivity index (χ4n) is 1.68. The lowest BCUT2D eigenvalue weighted by atomic mass is 10.1. The number of rotatable bonds is 5. The summed E-state index contributed by atoms with van der Waals surface area (Å²) in [7, 11) is 0. The first-order chi connectivity index (χ1) is 10.2. The van der Waals surface area contributed by atoms with E-state index in [1.54, 1.807) is 42.7 Å². The molecule has 5 nitrogen and oxygen atoms in total. The van der Waals surface area contributed by atoms with Gasteiger partial charge in [0.2, 0.25) is 0 Å². The molecular weight excluding hydrogens is 268 g/mol. The largest absolute Gasteiger partial charge is 0.465 e. The Morgan fingerprint density at radius 2 is 2.05 bits per heavy atom. The Morgan fingerprint density at radius 1 is 1.29 bits per heavy atom. The number of nitrogens with zero attached hydrogens (tertiary/aromatic N) is 1. The van der Waals surface area contributed by atoms with E-state index in [4.69, 9.17) is 4.42 Å². The van der Waals surface area contributed by atoms with Gasteiger partial charge in [0.05, 0.1) is 12.5 Å². The molecule has 2 rings (SSSR count). The molecule has 2 N–H and O–H groups in total. The van der Waals surface area contributed by atoms with Crippen molar-refractivity contribution in [1.82, 2.24) is 5.43 Å². The molecule has 0 radical (unpaired) electrons. The summed E-state index contributed by atoms with van der Waals surface area (Å²) in [5, 5.41) is 13.6. The van der Waals surface area contributed by atoms with Gasteiger partial charge in [-0.25, -0.2) is 5.43 Å². The minimum absolute atomic E-state index is 0.521. The van der Waals surface area contributed by atoms with E-state index in [1.807, 2.05) is 19.1 Å². The van der Waals surface area contributed by atoms with Crippen molar-refractivity contribution in [2.75, 3.05) is 0 Å². The van der Waals surface area contributed by atoms with Crippen molar-refractivity contribution >= 4 is 18.2 Å². The van der Waals surface area contributed by atoms with Crippen LogP contribution in [-0.4, -0.2) is 17.2 Å². The molecule has 1 atom stereocenters. The van der Waals surface area contributed by atoms with Crippen molar-refractivity contribution in [1.29, 1.82) is 0 Å². The van der Waals surface area contributed by atoms with E-state index in [2.05, 4.69) is 10.5 Å². The van der Waals surface area contributed by atoms with Crippen molar-refractivity contribution in [3.05, 3.63) is 65.6 Å². The summed E-state index contributed by atoms with van der Waals surface area (Å²) in [5.74, 6) is 0.123. The fraction of sp³-hybridized carbons (Fsp3) is 0.125. The Morgan fingerprint density at radius 3 is 2.71 bits per heavy atom. The second-order valence-electron chi connectivity index (χ2n) is 4.45. The van der Waals surface area contributed by atoms with Gasteiger partial charge in [0.25, 0.3) is 5.91 Å². The maximum Gasteiger partial charge on any atom is 0.273 e. The monoisotopic (exact) mass is 284 g/mol. The molecule has 1 aromatic carbocycles. The lowest BCUT2D eigenvalue weighted by molar-refractivity contribution is -0.129. The van der Waals surface area contributed by atoms with Gasteiger partial charge in [0, 0.05) is 0 Å². The number of nitrogens with one attached hydrogen (secondary N) is 1. The van der Waals surface area contributed by atoms with Crippen LogP contribution >= 0.6 is 0 Å². The van der Waals surface area contributed by atoms with Crippen molar-refractivity contribution in [2.24, 2.45) is 5.10 Å². The quantitative estimate of drug-likeness (QED) is 0.654. The maximum absolute atomic E-state index is 11.7. The van der Waals surface area contributed by atoms with E-state index >= 15 is 0 Å². The van der Waals surface area contributed by atoms with E-state index < -0.39 is 12.0 Å². The molecule has 2 aromatic rings. The van der Waals surface area contributed by atoms with Gasteiger partial charge in [0.1, 0.15) is 5.76 Å². The van der Waals surface area contributed by atoms with Crippen LogP contribution < -0.4 is 5.43 Å². The van der Waals surface area contributed by atoms with Crippen LogP contribution in [-0.2, 0) is 4.79 Å². The van der Waals surface area contributed by atoms with Crippen LogP contribution in [0.15, 0.2) is 63.8 Å². The number of amides is 1. The average Bonchev–Trinajstić information content (AvgIpc) is 3.00. The number of carbonyl (C=O) groups excluding carboxylic acids is 1. The minimum atomic E-state index is -1.24. The molecule has 1 heterocycles. The van der Waals surface area contributed by atoms with E-state index in [1.165, 1.54) is 6.21 Å². The molecule has 0 saturated heterocycles. The van der Waals surface area contributed by atoms with Crippen LogP contribution in [0.2, 0.25) is 0 Å². The summed E-state index contributed by atoms with van der Waals surface area (Å²) in [6, 6.07) is 12.3. The summed E-state index contributed by atoms with van der Waals surface area (Å²) in [5.41, 5.74) is 3.63. The molecule has 108 valence electrons. The number of aliphatic hydroxyl groups excluding tert-OH is 1. The number of allylic oxidation sites excluding steroid dienone is 1. The highest BCUT2D eigenvalue weighted by Crippen LogP contribution is 2.11. The first-order valence-electron chi connectivity index (χ1n) is 6.44. The molecule has 0 aliphatic carbocycles. The Balaban J connectivity index is 1.90.